The number of para-hydroxylation sites is 2. The summed E-state index contributed by atoms with van der Waals surface area (Å²) >= 11 is 5.87. The van der Waals surface area contributed by atoms with Gasteiger partial charge in [-0.2, -0.15) is 0 Å². The molecule has 0 aliphatic carbocycles. The molecule has 2 rings (SSSR count). The molecule has 0 fully saturated rings. The summed E-state index contributed by atoms with van der Waals surface area (Å²) in [5.41, 5.74) is 0. The van der Waals surface area contributed by atoms with Crippen LogP contribution < -0.4 is 9.47 Å². The van der Waals surface area contributed by atoms with Crippen molar-refractivity contribution in [3.63, 3.8) is 0 Å². The molecule has 0 saturated heterocycles. The van der Waals surface area contributed by atoms with Gasteiger partial charge >= 0.3 is 5.97 Å². The standard InChI is InChI=1S/C18H20ClNO4/c1-13(11-20(2)12-18(21)22)23-16-5-3-4-6-17(16)24-15-9-7-14(19)8-10-15/h3-10,13H,11-12H2,1-2H3,(H,21,22). The minimum atomic E-state index is -0.865. The van der Waals surface area contributed by atoms with E-state index in [0.717, 1.165) is 0 Å². The number of halogens is 1. The molecule has 1 unspecified atom stereocenters. The first-order chi connectivity index (χ1) is 11.4. The van der Waals surface area contributed by atoms with Crippen molar-refractivity contribution < 1.29 is 19.4 Å². The van der Waals surface area contributed by atoms with Gasteiger partial charge in [-0.05, 0) is 50.4 Å². The first kappa shape index (κ1) is 18.1. The van der Waals surface area contributed by atoms with Gasteiger partial charge in [0.25, 0.3) is 0 Å². The summed E-state index contributed by atoms with van der Waals surface area (Å²) in [5.74, 6) is 0.985. The van der Waals surface area contributed by atoms with Crippen molar-refractivity contribution in [2.45, 2.75) is 13.0 Å². The van der Waals surface area contributed by atoms with Gasteiger partial charge in [-0.3, -0.25) is 9.69 Å². The van der Waals surface area contributed by atoms with Gasteiger partial charge in [0, 0.05) is 11.6 Å². The monoisotopic (exact) mass is 349 g/mol. The summed E-state index contributed by atoms with van der Waals surface area (Å²) in [6.45, 7) is 2.34. The highest BCUT2D eigenvalue weighted by atomic mass is 35.5. The first-order valence-corrected chi connectivity index (χ1v) is 7.91. The number of rotatable bonds is 8. The lowest BCUT2D eigenvalue weighted by molar-refractivity contribution is -0.138. The zero-order valence-electron chi connectivity index (χ0n) is 13.6. The Morgan fingerprint density at radius 1 is 1.17 bits per heavy atom. The topological polar surface area (TPSA) is 59.0 Å². The molecule has 0 spiro atoms. The van der Waals surface area contributed by atoms with Crippen molar-refractivity contribution in [3.8, 4) is 17.2 Å². The van der Waals surface area contributed by atoms with Gasteiger partial charge in [-0.25, -0.2) is 0 Å². The van der Waals surface area contributed by atoms with Crippen LogP contribution >= 0.6 is 11.6 Å². The maximum absolute atomic E-state index is 10.7. The Kier molecular flexibility index (Phi) is 6.46. The number of carbonyl (C=O) groups is 1. The quantitative estimate of drug-likeness (QED) is 0.782. The average Bonchev–Trinajstić information content (AvgIpc) is 2.50. The minimum absolute atomic E-state index is 0.0311. The van der Waals surface area contributed by atoms with Crippen LogP contribution in [0.3, 0.4) is 0 Å². The highest BCUT2D eigenvalue weighted by molar-refractivity contribution is 6.30. The molecular formula is C18H20ClNO4. The second kappa shape index (κ2) is 8.57. The Bertz CT molecular complexity index is 675. The van der Waals surface area contributed by atoms with Crippen LogP contribution in [0.15, 0.2) is 48.5 Å². The number of nitrogens with zero attached hydrogens (tertiary/aromatic N) is 1. The van der Waals surface area contributed by atoms with Crippen LogP contribution in [0, 0.1) is 0 Å². The van der Waals surface area contributed by atoms with Crippen LogP contribution in [0.4, 0.5) is 0 Å². The van der Waals surface area contributed by atoms with Gasteiger partial charge in [0.05, 0.1) is 6.54 Å². The van der Waals surface area contributed by atoms with Crippen molar-refractivity contribution >= 4 is 17.6 Å². The van der Waals surface area contributed by atoms with Crippen molar-refractivity contribution in [3.05, 3.63) is 53.6 Å². The van der Waals surface area contributed by atoms with E-state index >= 15 is 0 Å². The van der Waals surface area contributed by atoms with Crippen molar-refractivity contribution in [1.82, 2.24) is 4.90 Å². The van der Waals surface area contributed by atoms with Gasteiger partial charge in [0.15, 0.2) is 11.5 Å². The van der Waals surface area contributed by atoms with Crippen LogP contribution in [0.5, 0.6) is 17.2 Å². The number of hydrogen-bond acceptors (Lipinski definition) is 4. The van der Waals surface area contributed by atoms with E-state index in [2.05, 4.69) is 0 Å². The molecule has 0 saturated carbocycles. The van der Waals surface area contributed by atoms with E-state index < -0.39 is 5.97 Å². The highest BCUT2D eigenvalue weighted by Gasteiger charge is 2.13. The molecule has 128 valence electrons. The molecule has 0 aliphatic heterocycles. The summed E-state index contributed by atoms with van der Waals surface area (Å²) in [7, 11) is 1.74. The molecule has 2 aromatic carbocycles. The van der Waals surface area contributed by atoms with Crippen molar-refractivity contribution in [1.29, 1.82) is 0 Å². The molecule has 0 radical (unpaired) electrons. The van der Waals surface area contributed by atoms with E-state index in [1.807, 2.05) is 31.2 Å². The number of hydrogen-bond donors (Lipinski definition) is 1. The van der Waals surface area contributed by atoms with Crippen molar-refractivity contribution in [2.75, 3.05) is 20.1 Å². The van der Waals surface area contributed by atoms with Crippen LogP contribution in [-0.4, -0.2) is 42.2 Å². The Hall–Kier alpha value is -2.24. The number of carboxylic acids is 1. The molecule has 5 nitrogen and oxygen atoms in total. The fourth-order valence-electron chi connectivity index (χ4n) is 2.25. The van der Waals surface area contributed by atoms with Gasteiger partial charge < -0.3 is 14.6 Å². The molecule has 0 aromatic heterocycles. The van der Waals surface area contributed by atoms with Crippen LogP contribution in [0.2, 0.25) is 5.02 Å². The number of ether oxygens (including phenoxy) is 2. The van der Waals surface area contributed by atoms with Crippen LogP contribution in [-0.2, 0) is 4.79 Å². The van der Waals surface area contributed by atoms with Crippen LogP contribution in [0.25, 0.3) is 0 Å². The number of aliphatic carboxylic acids is 1. The lowest BCUT2D eigenvalue weighted by atomic mass is 10.3. The molecule has 0 heterocycles. The van der Waals surface area contributed by atoms with E-state index in [0.29, 0.717) is 28.8 Å². The SMILES string of the molecule is CC(CN(C)CC(=O)O)Oc1ccccc1Oc1ccc(Cl)cc1. The summed E-state index contributed by atoms with van der Waals surface area (Å²) in [4.78, 5) is 12.4. The molecule has 0 aliphatic rings. The number of benzene rings is 2. The molecule has 6 heteroatoms. The second-order valence-corrected chi connectivity index (χ2v) is 5.96. The van der Waals surface area contributed by atoms with E-state index in [1.165, 1.54) is 0 Å². The van der Waals surface area contributed by atoms with E-state index in [1.54, 1.807) is 36.2 Å². The lowest BCUT2D eigenvalue weighted by Crippen LogP contribution is -2.34. The molecule has 2 aromatic rings. The zero-order valence-corrected chi connectivity index (χ0v) is 14.4. The predicted molar refractivity (Wildman–Crippen MR) is 93.2 cm³/mol. The third kappa shape index (κ3) is 5.76. The fraction of sp³-hybridized carbons (Fsp3) is 0.278. The minimum Gasteiger partial charge on any atom is -0.485 e. The summed E-state index contributed by atoms with van der Waals surface area (Å²) in [6.07, 6.45) is -0.190. The van der Waals surface area contributed by atoms with E-state index in [4.69, 9.17) is 26.2 Å². The smallest absolute Gasteiger partial charge is 0.317 e. The summed E-state index contributed by atoms with van der Waals surface area (Å²) in [5, 5.41) is 9.44. The molecule has 24 heavy (non-hydrogen) atoms. The molecular weight excluding hydrogens is 330 g/mol. The van der Waals surface area contributed by atoms with E-state index in [-0.39, 0.29) is 12.6 Å². The van der Waals surface area contributed by atoms with Gasteiger partial charge in [-0.1, -0.05) is 23.7 Å². The average molecular weight is 350 g/mol. The Morgan fingerprint density at radius 3 is 2.42 bits per heavy atom. The van der Waals surface area contributed by atoms with E-state index in [9.17, 15) is 4.79 Å². The lowest BCUT2D eigenvalue weighted by Gasteiger charge is -2.22. The Labute approximate surface area is 146 Å². The van der Waals surface area contributed by atoms with Gasteiger partial charge in [-0.15, -0.1) is 0 Å². The van der Waals surface area contributed by atoms with Crippen LogP contribution in [0.1, 0.15) is 6.92 Å². The number of likely N-dealkylation sites (N-methyl/N-ethyl adjacent to an activating group) is 1. The largest absolute Gasteiger partial charge is 0.485 e. The second-order valence-electron chi connectivity index (χ2n) is 5.52. The third-order valence-corrected chi connectivity index (χ3v) is 3.44. The predicted octanol–water partition coefficient (Wildman–Crippen LogP) is 3.92. The normalized spacial score (nSPS) is 12.0. The molecule has 0 amide bonds. The number of carboxylic acid groups (broad SMARTS) is 1. The maximum atomic E-state index is 10.7. The molecule has 1 atom stereocenters. The van der Waals surface area contributed by atoms with Gasteiger partial charge in [0.1, 0.15) is 11.9 Å². The fourth-order valence-corrected chi connectivity index (χ4v) is 2.38. The Morgan fingerprint density at radius 2 is 1.79 bits per heavy atom. The highest BCUT2D eigenvalue weighted by Crippen LogP contribution is 2.32. The van der Waals surface area contributed by atoms with Gasteiger partial charge in [0.2, 0.25) is 0 Å². The maximum Gasteiger partial charge on any atom is 0.317 e. The van der Waals surface area contributed by atoms with Crippen molar-refractivity contribution in [2.24, 2.45) is 0 Å². The molecule has 1 N–H and O–H groups in total. The first-order valence-electron chi connectivity index (χ1n) is 7.53. The zero-order chi connectivity index (χ0) is 17.5. The summed E-state index contributed by atoms with van der Waals surface area (Å²) in [6, 6.07) is 14.4. The third-order valence-electron chi connectivity index (χ3n) is 3.19. The summed E-state index contributed by atoms with van der Waals surface area (Å²) < 4.78 is 11.8. The molecule has 0 bridgehead atoms. The Balaban J connectivity index is 2.02.